The summed E-state index contributed by atoms with van der Waals surface area (Å²) in [6.07, 6.45) is 1.47. The van der Waals surface area contributed by atoms with E-state index in [2.05, 4.69) is 9.97 Å². The number of hydrogen-bond donors (Lipinski definition) is 0. The van der Waals surface area contributed by atoms with Crippen molar-refractivity contribution < 1.29 is 14.3 Å². The summed E-state index contributed by atoms with van der Waals surface area (Å²) in [4.78, 5) is 21.6. The highest BCUT2D eigenvalue weighted by Gasteiger charge is 2.24. The van der Waals surface area contributed by atoms with E-state index in [1.807, 2.05) is 32.9 Å². The fourth-order valence-electron chi connectivity index (χ4n) is 2.39. The van der Waals surface area contributed by atoms with Crippen molar-refractivity contribution in [2.45, 2.75) is 40.5 Å². The van der Waals surface area contributed by atoms with Crippen molar-refractivity contribution in [3.63, 3.8) is 0 Å². The van der Waals surface area contributed by atoms with E-state index in [4.69, 9.17) is 21.1 Å². The van der Waals surface area contributed by atoms with Gasteiger partial charge in [0.05, 0.1) is 18.9 Å². The van der Waals surface area contributed by atoms with E-state index < -0.39 is 5.97 Å². The van der Waals surface area contributed by atoms with Gasteiger partial charge in [0, 0.05) is 10.6 Å². The minimum Gasteiger partial charge on any atom is -0.477 e. The standard InChI is InChI=1S/C20H25ClN2O3/c1-5-7-16-17(20(24)25-6-2)19(26-12-13(3)4)23-18(22-16)14-8-10-15(21)11-9-14/h8-11,13H,5-7,12H2,1-4H3. The van der Waals surface area contributed by atoms with Crippen LogP contribution in [0.25, 0.3) is 11.4 Å². The van der Waals surface area contributed by atoms with Crippen LogP contribution in [-0.2, 0) is 11.2 Å². The number of ether oxygens (including phenoxy) is 2. The summed E-state index contributed by atoms with van der Waals surface area (Å²) in [7, 11) is 0. The van der Waals surface area contributed by atoms with Crippen molar-refractivity contribution >= 4 is 17.6 Å². The minimum absolute atomic E-state index is 0.278. The third-order valence-corrected chi connectivity index (χ3v) is 3.82. The van der Waals surface area contributed by atoms with Crippen LogP contribution in [0.5, 0.6) is 5.88 Å². The number of esters is 1. The van der Waals surface area contributed by atoms with Gasteiger partial charge in [-0.2, -0.15) is 4.98 Å². The zero-order chi connectivity index (χ0) is 19.1. The molecule has 0 aliphatic rings. The largest absolute Gasteiger partial charge is 0.477 e. The summed E-state index contributed by atoms with van der Waals surface area (Å²) >= 11 is 5.97. The first-order valence-electron chi connectivity index (χ1n) is 8.93. The van der Waals surface area contributed by atoms with Gasteiger partial charge < -0.3 is 9.47 Å². The van der Waals surface area contributed by atoms with Crippen LogP contribution in [0.1, 0.15) is 50.2 Å². The third-order valence-electron chi connectivity index (χ3n) is 3.57. The molecule has 1 aromatic heterocycles. The van der Waals surface area contributed by atoms with E-state index in [-0.39, 0.29) is 12.5 Å². The topological polar surface area (TPSA) is 61.3 Å². The Balaban J connectivity index is 2.57. The number of nitrogens with zero attached hydrogens (tertiary/aromatic N) is 2. The van der Waals surface area contributed by atoms with Gasteiger partial charge in [0.15, 0.2) is 5.82 Å². The molecule has 6 heteroatoms. The molecule has 2 aromatic rings. The first-order valence-corrected chi connectivity index (χ1v) is 9.30. The highest BCUT2D eigenvalue weighted by molar-refractivity contribution is 6.30. The van der Waals surface area contributed by atoms with Gasteiger partial charge in [-0.05, 0) is 43.5 Å². The molecule has 0 bridgehead atoms. The fraction of sp³-hybridized carbons (Fsp3) is 0.450. The van der Waals surface area contributed by atoms with Crippen LogP contribution in [-0.4, -0.2) is 29.2 Å². The lowest BCUT2D eigenvalue weighted by molar-refractivity contribution is 0.0517. The van der Waals surface area contributed by atoms with Crippen LogP contribution in [0.2, 0.25) is 5.02 Å². The Hall–Kier alpha value is -2.14. The number of aromatic nitrogens is 2. The molecule has 0 radical (unpaired) electrons. The zero-order valence-corrected chi connectivity index (χ0v) is 16.5. The van der Waals surface area contributed by atoms with E-state index in [1.54, 1.807) is 19.1 Å². The summed E-state index contributed by atoms with van der Waals surface area (Å²) in [6, 6.07) is 7.27. The molecule has 5 nitrogen and oxygen atoms in total. The van der Waals surface area contributed by atoms with Crippen molar-refractivity contribution in [3.05, 3.63) is 40.5 Å². The van der Waals surface area contributed by atoms with Crippen LogP contribution in [0.4, 0.5) is 0 Å². The second-order valence-electron chi connectivity index (χ2n) is 6.36. The average molecular weight is 377 g/mol. The Kier molecular flexibility index (Phi) is 7.39. The Morgan fingerprint density at radius 3 is 2.42 bits per heavy atom. The number of hydrogen-bond acceptors (Lipinski definition) is 5. The molecule has 26 heavy (non-hydrogen) atoms. The van der Waals surface area contributed by atoms with Crippen LogP contribution >= 0.6 is 11.6 Å². The molecule has 0 saturated heterocycles. The van der Waals surface area contributed by atoms with Gasteiger partial charge in [0.1, 0.15) is 5.56 Å². The molecule has 0 atom stereocenters. The number of carbonyl (C=O) groups excluding carboxylic acids is 1. The van der Waals surface area contributed by atoms with Crippen LogP contribution in [0.15, 0.2) is 24.3 Å². The molecule has 0 amide bonds. The lowest BCUT2D eigenvalue weighted by atomic mass is 10.1. The fourth-order valence-corrected chi connectivity index (χ4v) is 2.51. The monoisotopic (exact) mass is 376 g/mol. The lowest BCUT2D eigenvalue weighted by Gasteiger charge is -2.16. The number of rotatable bonds is 8. The first kappa shape index (κ1) is 20.2. The van der Waals surface area contributed by atoms with Crippen LogP contribution in [0.3, 0.4) is 0 Å². The lowest BCUT2D eigenvalue weighted by Crippen LogP contribution is -2.16. The second-order valence-corrected chi connectivity index (χ2v) is 6.79. The zero-order valence-electron chi connectivity index (χ0n) is 15.7. The summed E-state index contributed by atoms with van der Waals surface area (Å²) in [6.45, 7) is 8.63. The highest BCUT2D eigenvalue weighted by atomic mass is 35.5. The summed E-state index contributed by atoms with van der Waals surface area (Å²) in [5.74, 6) is 0.642. The number of carbonyl (C=O) groups is 1. The van der Waals surface area contributed by atoms with Gasteiger partial charge in [-0.3, -0.25) is 0 Å². The second kappa shape index (κ2) is 9.53. The van der Waals surface area contributed by atoms with Crippen LogP contribution < -0.4 is 4.74 Å². The summed E-state index contributed by atoms with van der Waals surface area (Å²) in [5, 5.41) is 0.641. The predicted octanol–water partition coefficient (Wildman–Crippen LogP) is 4.96. The predicted molar refractivity (Wildman–Crippen MR) is 103 cm³/mol. The molecule has 0 spiro atoms. The molecule has 0 fully saturated rings. The number of benzene rings is 1. The smallest absolute Gasteiger partial charge is 0.345 e. The van der Waals surface area contributed by atoms with Crippen molar-refractivity contribution in [2.75, 3.05) is 13.2 Å². The molecule has 2 rings (SSSR count). The summed E-state index contributed by atoms with van der Waals surface area (Å²) < 4.78 is 11.1. The third kappa shape index (κ3) is 5.18. The minimum atomic E-state index is -0.447. The maximum Gasteiger partial charge on any atom is 0.345 e. The average Bonchev–Trinajstić information content (AvgIpc) is 2.60. The van der Waals surface area contributed by atoms with Gasteiger partial charge in [0.2, 0.25) is 5.88 Å². The quantitative estimate of drug-likeness (QED) is 0.609. The number of aryl methyl sites for hydroxylation is 1. The van der Waals surface area contributed by atoms with Gasteiger partial charge in [0.25, 0.3) is 0 Å². The van der Waals surface area contributed by atoms with E-state index in [9.17, 15) is 4.79 Å². The molecular formula is C20H25ClN2O3. The van der Waals surface area contributed by atoms with Crippen molar-refractivity contribution in [2.24, 2.45) is 5.92 Å². The molecule has 0 saturated carbocycles. The molecule has 0 aliphatic carbocycles. The van der Waals surface area contributed by atoms with E-state index in [1.165, 1.54) is 0 Å². The van der Waals surface area contributed by atoms with E-state index in [0.29, 0.717) is 41.1 Å². The Bertz CT molecular complexity index is 745. The maximum absolute atomic E-state index is 12.5. The first-order chi connectivity index (χ1) is 12.5. The van der Waals surface area contributed by atoms with Crippen molar-refractivity contribution in [1.82, 2.24) is 9.97 Å². The molecule has 0 unspecified atom stereocenters. The Labute approximate surface area is 159 Å². The molecular weight excluding hydrogens is 352 g/mol. The maximum atomic E-state index is 12.5. The SMILES string of the molecule is CCCc1nc(-c2ccc(Cl)cc2)nc(OCC(C)C)c1C(=O)OCC. The normalized spacial score (nSPS) is 10.8. The van der Waals surface area contributed by atoms with Crippen LogP contribution in [0, 0.1) is 5.92 Å². The van der Waals surface area contributed by atoms with Gasteiger partial charge >= 0.3 is 5.97 Å². The van der Waals surface area contributed by atoms with Crippen molar-refractivity contribution in [3.8, 4) is 17.3 Å². The number of halogens is 1. The van der Waals surface area contributed by atoms with Gasteiger partial charge in [-0.15, -0.1) is 0 Å². The molecule has 0 N–H and O–H groups in total. The van der Waals surface area contributed by atoms with E-state index in [0.717, 1.165) is 12.0 Å². The highest BCUT2D eigenvalue weighted by Crippen LogP contribution is 2.27. The Morgan fingerprint density at radius 1 is 1.15 bits per heavy atom. The van der Waals surface area contributed by atoms with Crippen molar-refractivity contribution in [1.29, 1.82) is 0 Å². The molecule has 140 valence electrons. The molecule has 0 aliphatic heterocycles. The molecule has 1 aromatic carbocycles. The summed E-state index contributed by atoms with van der Waals surface area (Å²) in [5.41, 5.74) is 1.79. The van der Waals surface area contributed by atoms with E-state index >= 15 is 0 Å². The van der Waals surface area contributed by atoms with Gasteiger partial charge in [-0.25, -0.2) is 9.78 Å². The van der Waals surface area contributed by atoms with Gasteiger partial charge in [-0.1, -0.05) is 38.8 Å². The Morgan fingerprint density at radius 2 is 1.85 bits per heavy atom. The molecule has 1 heterocycles.